The fraction of sp³-hybridized carbons (Fsp3) is 0.308. The third kappa shape index (κ3) is 3.31. The van der Waals surface area contributed by atoms with Crippen molar-refractivity contribution in [3.8, 4) is 0 Å². The Labute approximate surface area is 111 Å². The van der Waals surface area contributed by atoms with E-state index in [4.69, 9.17) is 5.73 Å². The second kappa shape index (κ2) is 5.51. The number of hydrogen-bond acceptors (Lipinski definition) is 4. The number of nitrogens with zero attached hydrogens (tertiary/aromatic N) is 3. The third-order valence-corrected chi connectivity index (χ3v) is 2.81. The molecule has 0 radical (unpaired) electrons. The summed E-state index contributed by atoms with van der Waals surface area (Å²) in [6.07, 6.45) is 2.25. The predicted octanol–water partition coefficient (Wildman–Crippen LogP) is 0.678. The Morgan fingerprint density at radius 1 is 1.47 bits per heavy atom. The average molecular weight is 259 g/mol. The average Bonchev–Trinajstić information content (AvgIpc) is 2.78. The Hall–Kier alpha value is -2.37. The summed E-state index contributed by atoms with van der Waals surface area (Å²) in [4.78, 5) is 16.0. The number of anilines is 1. The molecule has 1 amide bonds. The summed E-state index contributed by atoms with van der Waals surface area (Å²) in [5, 5.41) is 6.98. The lowest BCUT2D eigenvalue weighted by atomic mass is 10.1. The molecule has 0 fully saturated rings. The fourth-order valence-electron chi connectivity index (χ4n) is 1.71. The second-order valence-electron chi connectivity index (χ2n) is 4.41. The van der Waals surface area contributed by atoms with Gasteiger partial charge in [-0.1, -0.05) is 0 Å². The Morgan fingerprint density at radius 3 is 2.89 bits per heavy atom. The molecule has 0 aliphatic heterocycles. The van der Waals surface area contributed by atoms with Crippen molar-refractivity contribution in [2.45, 2.75) is 13.3 Å². The van der Waals surface area contributed by atoms with Gasteiger partial charge in [-0.3, -0.25) is 9.48 Å². The normalized spacial score (nSPS) is 10.4. The van der Waals surface area contributed by atoms with E-state index in [9.17, 15) is 4.79 Å². The van der Waals surface area contributed by atoms with Gasteiger partial charge in [0.05, 0.1) is 0 Å². The fourth-order valence-corrected chi connectivity index (χ4v) is 1.71. The van der Waals surface area contributed by atoms with Crippen LogP contribution in [0.3, 0.4) is 0 Å². The van der Waals surface area contributed by atoms with Crippen LogP contribution in [0.1, 0.15) is 21.7 Å². The summed E-state index contributed by atoms with van der Waals surface area (Å²) in [7, 11) is 1.81. The van der Waals surface area contributed by atoms with E-state index in [1.54, 1.807) is 29.2 Å². The van der Waals surface area contributed by atoms with Gasteiger partial charge in [-0.05, 0) is 30.7 Å². The van der Waals surface area contributed by atoms with Gasteiger partial charge in [0.1, 0.15) is 6.33 Å². The first-order chi connectivity index (χ1) is 9.06. The van der Waals surface area contributed by atoms with Crippen LogP contribution in [0, 0.1) is 6.92 Å². The van der Waals surface area contributed by atoms with E-state index < -0.39 is 0 Å². The Morgan fingerprint density at radius 2 is 2.26 bits per heavy atom. The van der Waals surface area contributed by atoms with Crippen LogP contribution in [0.15, 0.2) is 24.5 Å². The van der Waals surface area contributed by atoms with Gasteiger partial charge in [0.2, 0.25) is 0 Å². The van der Waals surface area contributed by atoms with Crippen molar-refractivity contribution < 1.29 is 4.79 Å². The maximum atomic E-state index is 11.9. The summed E-state index contributed by atoms with van der Waals surface area (Å²) < 4.78 is 1.64. The van der Waals surface area contributed by atoms with Crippen LogP contribution < -0.4 is 11.1 Å². The zero-order chi connectivity index (χ0) is 13.8. The number of nitrogen functional groups attached to an aromatic ring is 1. The number of nitrogens with one attached hydrogen (secondary N) is 1. The molecule has 0 aliphatic carbocycles. The Balaban J connectivity index is 1.89. The first kappa shape index (κ1) is 13.1. The Kier molecular flexibility index (Phi) is 3.79. The monoisotopic (exact) mass is 259 g/mol. The molecule has 2 aromatic rings. The number of hydrogen-bond donors (Lipinski definition) is 2. The highest BCUT2D eigenvalue weighted by atomic mass is 16.1. The number of aromatic nitrogens is 3. The molecule has 0 saturated heterocycles. The van der Waals surface area contributed by atoms with Crippen LogP contribution >= 0.6 is 0 Å². The Bertz CT molecular complexity index is 590. The third-order valence-electron chi connectivity index (χ3n) is 2.81. The molecule has 0 saturated carbocycles. The highest BCUT2D eigenvalue weighted by Crippen LogP contribution is 2.12. The zero-order valence-corrected chi connectivity index (χ0v) is 11.1. The van der Waals surface area contributed by atoms with Gasteiger partial charge in [0, 0.05) is 31.3 Å². The molecule has 19 heavy (non-hydrogen) atoms. The molecule has 0 bridgehead atoms. The number of amides is 1. The van der Waals surface area contributed by atoms with E-state index in [-0.39, 0.29) is 5.91 Å². The minimum absolute atomic E-state index is 0.112. The van der Waals surface area contributed by atoms with Crippen molar-refractivity contribution in [1.82, 2.24) is 20.1 Å². The quantitative estimate of drug-likeness (QED) is 0.790. The molecule has 2 rings (SSSR count). The van der Waals surface area contributed by atoms with Crippen molar-refractivity contribution >= 4 is 11.6 Å². The van der Waals surface area contributed by atoms with Crippen LogP contribution in [0.2, 0.25) is 0 Å². The van der Waals surface area contributed by atoms with Gasteiger partial charge in [-0.25, -0.2) is 4.98 Å². The summed E-state index contributed by atoms with van der Waals surface area (Å²) in [6.45, 7) is 2.39. The minimum Gasteiger partial charge on any atom is -0.399 e. The minimum atomic E-state index is -0.112. The highest BCUT2D eigenvalue weighted by Gasteiger charge is 2.07. The molecular weight excluding hydrogens is 242 g/mol. The van der Waals surface area contributed by atoms with Crippen molar-refractivity contribution in [3.63, 3.8) is 0 Å². The molecule has 6 heteroatoms. The van der Waals surface area contributed by atoms with E-state index in [2.05, 4.69) is 15.4 Å². The zero-order valence-electron chi connectivity index (χ0n) is 11.1. The summed E-state index contributed by atoms with van der Waals surface area (Å²) in [5.41, 5.74) is 7.92. The van der Waals surface area contributed by atoms with Crippen molar-refractivity contribution in [1.29, 1.82) is 0 Å². The van der Waals surface area contributed by atoms with Gasteiger partial charge in [-0.15, -0.1) is 0 Å². The van der Waals surface area contributed by atoms with Crippen molar-refractivity contribution in [2.75, 3.05) is 12.3 Å². The van der Waals surface area contributed by atoms with Crippen LogP contribution in [0.4, 0.5) is 5.69 Å². The standard InChI is InChI=1S/C13H17N5O/c1-9-7-10(3-4-11(9)14)13(19)15-6-5-12-16-8-18(2)17-12/h3-4,7-8H,5-6,14H2,1-2H3,(H,15,19). The van der Waals surface area contributed by atoms with Crippen LogP contribution in [0.5, 0.6) is 0 Å². The molecule has 0 unspecified atom stereocenters. The second-order valence-corrected chi connectivity index (χ2v) is 4.41. The highest BCUT2D eigenvalue weighted by molar-refractivity contribution is 5.94. The SMILES string of the molecule is Cc1cc(C(=O)NCCc2ncn(C)n2)ccc1N. The topological polar surface area (TPSA) is 85.8 Å². The summed E-state index contributed by atoms with van der Waals surface area (Å²) >= 11 is 0. The van der Waals surface area contributed by atoms with Crippen LogP contribution in [0.25, 0.3) is 0 Å². The lowest BCUT2D eigenvalue weighted by Gasteiger charge is -2.06. The molecule has 3 N–H and O–H groups in total. The van der Waals surface area contributed by atoms with E-state index in [1.165, 1.54) is 0 Å². The molecule has 1 heterocycles. The number of aryl methyl sites for hydroxylation is 2. The summed E-state index contributed by atoms with van der Waals surface area (Å²) in [5.74, 6) is 0.607. The molecular formula is C13H17N5O. The number of carbonyl (C=O) groups is 1. The molecule has 1 aromatic heterocycles. The lowest BCUT2D eigenvalue weighted by Crippen LogP contribution is -2.26. The predicted molar refractivity (Wildman–Crippen MR) is 72.6 cm³/mol. The molecule has 6 nitrogen and oxygen atoms in total. The van der Waals surface area contributed by atoms with E-state index in [1.807, 2.05) is 14.0 Å². The van der Waals surface area contributed by atoms with Crippen molar-refractivity contribution in [3.05, 3.63) is 41.5 Å². The van der Waals surface area contributed by atoms with Crippen LogP contribution in [-0.2, 0) is 13.5 Å². The van der Waals surface area contributed by atoms with E-state index in [0.29, 0.717) is 24.2 Å². The number of nitrogens with two attached hydrogens (primary N) is 1. The van der Waals surface area contributed by atoms with Gasteiger partial charge in [-0.2, -0.15) is 5.10 Å². The molecule has 0 spiro atoms. The maximum Gasteiger partial charge on any atom is 0.251 e. The van der Waals surface area contributed by atoms with E-state index in [0.717, 1.165) is 11.4 Å². The van der Waals surface area contributed by atoms with E-state index >= 15 is 0 Å². The van der Waals surface area contributed by atoms with Crippen LogP contribution in [-0.4, -0.2) is 27.2 Å². The first-order valence-electron chi connectivity index (χ1n) is 6.05. The van der Waals surface area contributed by atoms with Gasteiger partial charge in [0.15, 0.2) is 5.82 Å². The van der Waals surface area contributed by atoms with Gasteiger partial charge >= 0.3 is 0 Å². The summed E-state index contributed by atoms with van der Waals surface area (Å²) in [6, 6.07) is 5.24. The number of rotatable bonds is 4. The first-order valence-corrected chi connectivity index (χ1v) is 6.05. The van der Waals surface area contributed by atoms with Gasteiger partial charge in [0.25, 0.3) is 5.91 Å². The van der Waals surface area contributed by atoms with Crippen molar-refractivity contribution in [2.24, 2.45) is 7.05 Å². The molecule has 100 valence electrons. The smallest absolute Gasteiger partial charge is 0.251 e. The lowest BCUT2D eigenvalue weighted by molar-refractivity contribution is 0.0954. The number of benzene rings is 1. The largest absolute Gasteiger partial charge is 0.399 e. The maximum absolute atomic E-state index is 11.9. The number of carbonyl (C=O) groups excluding carboxylic acids is 1. The van der Waals surface area contributed by atoms with Gasteiger partial charge < -0.3 is 11.1 Å². The molecule has 0 aliphatic rings. The molecule has 1 aromatic carbocycles. The molecule has 0 atom stereocenters.